The maximum atomic E-state index is 12.9. The van der Waals surface area contributed by atoms with Crippen molar-refractivity contribution >= 4 is 28.9 Å². The molecule has 0 spiro atoms. The maximum absolute atomic E-state index is 12.9. The molecule has 0 radical (unpaired) electrons. The van der Waals surface area contributed by atoms with Crippen LogP contribution >= 0.6 is 0 Å². The van der Waals surface area contributed by atoms with Crippen molar-refractivity contribution in [2.24, 2.45) is 44.2 Å². The van der Waals surface area contributed by atoms with Gasteiger partial charge >= 0.3 is 0 Å². The molecule has 0 saturated carbocycles. The number of pyridine rings is 1. The fourth-order valence-electron chi connectivity index (χ4n) is 6.49. The van der Waals surface area contributed by atoms with Gasteiger partial charge in [0.25, 0.3) is 5.91 Å². The van der Waals surface area contributed by atoms with E-state index in [1.165, 1.54) is 32.4 Å². The number of ketones is 1. The molecule has 1 amide bonds. The van der Waals surface area contributed by atoms with Gasteiger partial charge in [0.05, 0.1) is 30.5 Å². The van der Waals surface area contributed by atoms with Gasteiger partial charge in [0.2, 0.25) is 0 Å². The molecular formula is C34H48N8O2. The Morgan fingerprint density at radius 2 is 1.84 bits per heavy atom. The van der Waals surface area contributed by atoms with Gasteiger partial charge in [-0.3, -0.25) is 14.6 Å². The predicted octanol–water partition coefficient (Wildman–Crippen LogP) is 5.63. The quantitative estimate of drug-likeness (QED) is 0.323. The summed E-state index contributed by atoms with van der Waals surface area (Å²) in [6.07, 6.45) is 7.68. The molecular weight excluding hydrogens is 552 g/mol. The van der Waals surface area contributed by atoms with E-state index in [-0.39, 0.29) is 24.1 Å². The van der Waals surface area contributed by atoms with E-state index < -0.39 is 11.3 Å². The van der Waals surface area contributed by atoms with Crippen LogP contribution in [0.1, 0.15) is 80.9 Å². The highest BCUT2D eigenvalue weighted by atomic mass is 16.1. The maximum Gasteiger partial charge on any atom is 0.278 e. The zero-order valence-electron chi connectivity index (χ0n) is 27.2. The van der Waals surface area contributed by atoms with Gasteiger partial charge in [0, 0.05) is 35.8 Å². The van der Waals surface area contributed by atoms with Gasteiger partial charge < -0.3 is 15.5 Å². The van der Waals surface area contributed by atoms with Crippen LogP contribution in [0.15, 0.2) is 52.0 Å². The fourth-order valence-corrected chi connectivity index (χ4v) is 6.49. The third-order valence-corrected chi connectivity index (χ3v) is 9.59. The van der Waals surface area contributed by atoms with Crippen molar-refractivity contribution in [1.82, 2.24) is 9.88 Å². The number of benzene rings is 1. The van der Waals surface area contributed by atoms with E-state index in [1.807, 2.05) is 51.2 Å². The molecule has 4 heterocycles. The zero-order chi connectivity index (χ0) is 31.6. The normalized spacial score (nSPS) is 23.8. The van der Waals surface area contributed by atoms with Gasteiger partial charge in [-0.1, -0.05) is 39.0 Å². The summed E-state index contributed by atoms with van der Waals surface area (Å²) < 4.78 is 0. The highest BCUT2D eigenvalue weighted by Crippen LogP contribution is 2.39. The van der Waals surface area contributed by atoms with Gasteiger partial charge in [-0.25, -0.2) is 5.01 Å². The van der Waals surface area contributed by atoms with Crippen molar-refractivity contribution in [3.05, 3.63) is 53.3 Å². The predicted molar refractivity (Wildman–Crippen MR) is 175 cm³/mol. The number of amides is 1. The Morgan fingerprint density at radius 3 is 2.59 bits per heavy atom. The first-order valence-corrected chi connectivity index (χ1v) is 16.0. The third kappa shape index (κ3) is 7.34. The van der Waals surface area contributed by atoms with Crippen molar-refractivity contribution in [1.29, 1.82) is 0 Å². The van der Waals surface area contributed by atoms with Crippen molar-refractivity contribution < 1.29 is 9.59 Å². The molecule has 3 aliphatic heterocycles. The van der Waals surface area contributed by atoms with Crippen LogP contribution in [-0.2, 0) is 4.79 Å². The van der Waals surface area contributed by atoms with E-state index in [0.717, 1.165) is 53.3 Å². The third-order valence-electron chi connectivity index (χ3n) is 9.59. The van der Waals surface area contributed by atoms with Crippen LogP contribution in [0.25, 0.3) is 0 Å². The Morgan fingerprint density at radius 1 is 1.07 bits per heavy atom. The number of nitrogens with two attached hydrogens (primary N) is 1. The molecule has 3 aliphatic rings. The first kappa shape index (κ1) is 31.8. The Labute approximate surface area is 261 Å². The van der Waals surface area contributed by atoms with Crippen LogP contribution in [-0.4, -0.2) is 67.2 Å². The molecule has 10 heteroatoms. The molecule has 5 rings (SSSR count). The summed E-state index contributed by atoms with van der Waals surface area (Å²) in [6, 6.07) is 7.41. The fraction of sp³-hybridized carbons (Fsp3) is 0.588. The minimum Gasteiger partial charge on any atom is -0.387 e. The lowest BCUT2D eigenvalue weighted by molar-refractivity contribution is -0.125. The molecule has 10 nitrogen and oxygen atoms in total. The van der Waals surface area contributed by atoms with Crippen LogP contribution in [0.3, 0.4) is 0 Å². The average Bonchev–Trinajstić information content (AvgIpc) is 3.43. The number of carbonyl (C=O) groups excluding carboxylic acids is 2. The van der Waals surface area contributed by atoms with Gasteiger partial charge in [0.15, 0.2) is 0 Å². The molecule has 3 atom stereocenters. The molecule has 0 aliphatic carbocycles. The van der Waals surface area contributed by atoms with E-state index in [9.17, 15) is 9.59 Å². The average molecular weight is 601 g/mol. The Balaban J connectivity index is 1.21. The minimum absolute atomic E-state index is 0.0194. The number of aromatic nitrogens is 1. The Hall–Kier alpha value is -3.66. The van der Waals surface area contributed by atoms with Crippen LogP contribution in [0, 0.1) is 30.1 Å². The van der Waals surface area contributed by atoms with Crippen molar-refractivity contribution in [3.8, 4) is 0 Å². The number of amidine groups is 1. The number of carbonyl (C=O) groups is 2. The number of likely N-dealkylation sites (tertiary alicyclic amines) is 1. The van der Waals surface area contributed by atoms with E-state index in [2.05, 4.69) is 50.2 Å². The lowest BCUT2D eigenvalue weighted by atomic mass is 9.73. The van der Waals surface area contributed by atoms with Gasteiger partial charge in [0.1, 0.15) is 17.7 Å². The monoisotopic (exact) mass is 600 g/mol. The second-order valence-electron chi connectivity index (χ2n) is 14.1. The summed E-state index contributed by atoms with van der Waals surface area (Å²) in [5.74, 6) is 1.78. The molecule has 1 aromatic carbocycles. The van der Waals surface area contributed by atoms with Gasteiger partial charge in [-0.05, 0) is 87.8 Å². The number of hydrogen-bond donors (Lipinski definition) is 1. The Kier molecular flexibility index (Phi) is 9.48. The summed E-state index contributed by atoms with van der Waals surface area (Å²) in [6.45, 7) is 15.0. The summed E-state index contributed by atoms with van der Waals surface area (Å²) in [7, 11) is 2.24. The second-order valence-corrected chi connectivity index (χ2v) is 14.1. The molecule has 2 N–H and O–H groups in total. The first-order valence-electron chi connectivity index (χ1n) is 16.0. The van der Waals surface area contributed by atoms with Crippen LogP contribution < -0.4 is 15.6 Å². The molecule has 2 saturated heterocycles. The first-order chi connectivity index (χ1) is 20.9. The number of aryl methyl sites for hydroxylation is 1. The molecule has 2 aromatic rings. The zero-order valence-corrected chi connectivity index (χ0v) is 27.2. The van der Waals surface area contributed by atoms with Gasteiger partial charge in [-0.2, -0.15) is 10.1 Å². The molecule has 2 fully saturated rings. The number of nitrogens with zero attached hydrogens (tertiary/aromatic N) is 7. The van der Waals surface area contributed by atoms with Crippen LogP contribution in [0.2, 0.25) is 0 Å². The molecule has 44 heavy (non-hydrogen) atoms. The number of anilines is 2. The molecule has 236 valence electrons. The topological polar surface area (TPSA) is 120 Å². The number of rotatable bonds is 7. The van der Waals surface area contributed by atoms with Crippen molar-refractivity contribution in [3.63, 3.8) is 0 Å². The lowest BCUT2D eigenvalue weighted by Crippen LogP contribution is -2.52. The van der Waals surface area contributed by atoms with Crippen LogP contribution in [0.4, 0.5) is 11.4 Å². The number of hydrogen-bond acceptors (Lipinski definition) is 8. The second kappa shape index (κ2) is 13.1. The number of aliphatic imine (C=N–C) groups is 1. The molecule has 3 unspecified atom stereocenters. The SMILES string of the molecule is Cc1ccc(C(=O)N=C(N)CC(=O)C(C)(C)C)cc1N1CC(c2cncc(N3CC(C4CCCN(C)CCC4C)C3)c2)N=N1. The largest absolute Gasteiger partial charge is 0.387 e. The highest BCUT2D eigenvalue weighted by molar-refractivity contribution is 6.09. The Bertz CT molecular complexity index is 1420. The smallest absolute Gasteiger partial charge is 0.278 e. The highest BCUT2D eigenvalue weighted by Gasteiger charge is 2.37. The van der Waals surface area contributed by atoms with Crippen molar-refractivity contribution in [2.45, 2.75) is 66.3 Å². The van der Waals surface area contributed by atoms with E-state index in [4.69, 9.17) is 5.73 Å². The van der Waals surface area contributed by atoms with Crippen molar-refractivity contribution in [2.75, 3.05) is 49.7 Å². The summed E-state index contributed by atoms with van der Waals surface area (Å²) in [4.78, 5) is 38.7. The van der Waals surface area contributed by atoms with E-state index in [1.54, 1.807) is 12.1 Å². The lowest BCUT2D eigenvalue weighted by Gasteiger charge is -2.47. The van der Waals surface area contributed by atoms with E-state index >= 15 is 0 Å². The van der Waals surface area contributed by atoms with Gasteiger partial charge in [-0.15, -0.1) is 0 Å². The van der Waals surface area contributed by atoms with E-state index in [0.29, 0.717) is 12.1 Å². The molecule has 0 bridgehead atoms. The number of Topliss-reactive ketones (excluding diaryl/α,β-unsaturated/α-hetero) is 1. The summed E-state index contributed by atoms with van der Waals surface area (Å²) in [5, 5.41) is 10.9. The summed E-state index contributed by atoms with van der Waals surface area (Å²) >= 11 is 0. The summed E-state index contributed by atoms with van der Waals surface area (Å²) in [5.41, 5.74) is 9.73. The van der Waals surface area contributed by atoms with Crippen LogP contribution in [0.5, 0.6) is 0 Å². The molecule has 1 aromatic heterocycles. The minimum atomic E-state index is -0.547. The standard InChI is InChI=1S/C34H48N8O2/c1-22-11-13-40(6)12-7-8-28(22)26-19-41(20-26)27-14-25(17-36-18-27)29-21-42(39-38-29)30-15-24(10-9-23(30)2)33(44)37-32(35)16-31(43)34(3,4)5/h9-10,14-15,17-18,22,26,28-29H,7-8,11-13,16,19-21H2,1-6H3,(H2,35,37,44).